The maximum absolute atomic E-state index is 12.4. The van der Waals surface area contributed by atoms with E-state index in [4.69, 9.17) is 5.73 Å². The van der Waals surface area contributed by atoms with Gasteiger partial charge in [0.2, 0.25) is 0 Å². The molecule has 0 aliphatic rings. The molecule has 0 fully saturated rings. The number of carboxylic acids is 1. The van der Waals surface area contributed by atoms with Crippen LogP contribution in [-0.2, 0) is 17.4 Å². The number of aliphatic carboxylic acids is 1. The van der Waals surface area contributed by atoms with Crippen LogP contribution in [0, 0.1) is 0 Å². The molecule has 0 saturated carbocycles. The largest absolute Gasteiger partial charge is 0.480 e. The number of benzene rings is 1. The monoisotopic (exact) mass is 325 g/mol. The first-order valence-corrected chi connectivity index (χ1v) is 6.37. The van der Waals surface area contributed by atoms with E-state index in [0.29, 0.717) is 18.4 Å². The second-order valence-electron chi connectivity index (χ2n) is 4.94. The van der Waals surface area contributed by atoms with Gasteiger partial charge in [0.05, 0.1) is 5.56 Å². The van der Waals surface area contributed by atoms with E-state index in [0.717, 1.165) is 18.6 Å². The van der Waals surface area contributed by atoms with Gasteiger partial charge >= 0.3 is 12.1 Å². The van der Waals surface area contributed by atoms with E-state index >= 15 is 0 Å². The van der Waals surface area contributed by atoms with Crippen LogP contribution in [0.2, 0.25) is 0 Å². The highest BCUT2D eigenvalue weighted by Crippen LogP contribution is 2.29. The minimum absolute atomic E-state index is 0. The second-order valence-corrected chi connectivity index (χ2v) is 4.94. The van der Waals surface area contributed by atoms with Crippen LogP contribution in [0.3, 0.4) is 0 Å². The Hall–Kier alpha value is -1.27. The van der Waals surface area contributed by atoms with Crippen molar-refractivity contribution in [1.82, 2.24) is 0 Å². The van der Waals surface area contributed by atoms with Gasteiger partial charge in [-0.15, -0.1) is 12.4 Å². The van der Waals surface area contributed by atoms with Crippen LogP contribution in [0.25, 0.3) is 0 Å². The molecule has 1 aromatic rings. The first kappa shape index (κ1) is 19.7. The maximum atomic E-state index is 12.4. The van der Waals surface area contributed by atoms with Crippen molar-refractivity contribution in [2.45, 2.75) is 44.3 Å². The van der Waals surface area contributed by atoms with Crippen LogP contribution >= 0.6 is 12.4 Å². The third-order valence-electron chi connectivity index (χ3n) is 3.20. The topological polar surface area (TPSA) is 63.3 Å². The number of nitrogens with two attached hydrogens (primary N) is 1. The van der Waals surface area contributed by atoms with Crippen LogP contribution < -0.4 is 5.73 Å². The Morgan fingerprint density at radius 2 is 1.76 bits per heavy atom. The van der Waals surface area contributed by atoms with Crippen molar-refractivity contribution < 1.29 is 23.1 Å². The Morgan fingerprint density at radius 1 is 1.24 bits per heavy atom. The molecule has 1 atom stereocenters. The van der Waals surface area contributed by atoms with Gasteiger partial charge in [0.1, 0.15) is 5.54 Å². The quantitative estimate of drug-likeness (QED) is 0.839. The summed E-state index contributed by atoms with van der Waals surface area (Å²) < 4.78 is 37.3. The summed E-state index contributed by atoms with van der Waals surface area (Å²) in [6, 6.07) is 4.44. The van der Waals surface area contributed by atoms with Gasteiger partial charge in [-0.25, -0.2) is 0 Å². The number of carbonyl (C=O) groups is 1. The number of carboxylic acid groups (broad SMARTS) is 1. The molecule has 0 spiro atoms. The molecule has 7 heteroatoms. The van der Waals surface area contributed by atoms with Crippen molar-refractivity contribution in [2.24, 2.45) is 5.73 Å². The van der Waals surface area contributed by atoms with E-state index in [-0.39, 0.29) is 18.8 Å². The molecule has 0 aliphatic heterocycles. The van der Waals surface area contributed by atoms with Crippen molar-refractivity contribution in [3.8, 4) is 0 Å². The van der Waals surface area contributed by atoms with E-state index in [9.17, 15) is 23.1 Å². The average Bonchev–Trinajstić information content (AvgIpc) is 2.35. The van der Waals surface area contributed by atoms with Crippen molar-refractivity contribution in [2.75, 3.05) is 0 Å². The normalized spacial score (nSPS) is 14.1. The summed E-state index contributed by atoms with van der Waals surface area (Å²) in [6.07, 6.45) is -2.63. The van der Waals surface area contributed by atoms with Crippen molar-refractivity contribution in [3.05, 3.63) is 35.4 Å². The van der Waals surface area contributed by atoms with Gasteiger partial charge in [-0.2, -0.15) is 13.2 Å². The lowest BCUT2D eigenvalue weighted by Crippen LogP contribution is -2.49. The van der Waals surface area contributed by atoms with Crippen LogP contribution in [0.15, 0.2) is 24.3 Å². The first-order valence-electron chi connectivity index (χ1n) is 6.37. The van der Waals surface area contributed by atoms with Crippen molar-refractivity contribution >= 4 is 18.4 Å². The summed E-state index contributed by atoms with van der Waals surface area (Å²) in [6.45, 7) is 1.92. The average molecular weight is 326 g/mol. The van der Waals surface area contributed by atoms with Gasteiger partial charge in [0.25, 0.3) is 0 Å². The number of hydrogen-bond acceptors (Lipinski definition) is 2. The summed E-state index contributed by atoms with van der Waals surface area (Å²) in [5, 5.41) is 9.20. The third kappa shape index (κ3) is 5.55. The zero-order chi connectivity index (χ0) is 15.4. The molecule has 0 bridgehead atoms. The van der Waals surface area contributed by atoms with E-state index in [1.54, 1.807) is 0 Å². The molecule has 0 amide bonds. The van der Waals surface area contributed by atoms with E-state index < -0.39 is 23.2 Å². The highest BCUT2D eigenvalue weighted by molar-refractivity contribution is 5.85. The molecule has 1 rings (SSSR count). The Kier molecular flexibility index (Phi) is 7.19. The van der Waals surface area contributed by atoms with Crippen molar-refractivity contribution in [1.29, 1.82) is 0 Å². The van der Waals surface area contributed by atoms with Gasteiger partial charge < -0.3 is 10.8 Å². The summed E-state index contributed by atoms with van der Waals surface area (Å²) >= 11 is 0. The fourth-order valence-electron chi connectivity index (χ4n) is 1.94. The van der Waals surface area contributed by atoms with E-state index in [1.807, 2.05) is 6.92 Å². The summed E-state index contributed by atoms with van der Waals surface area (Å²) in [5.41, 5.74) is 4.15. The molecule has 120 valence electrons. The van der Waals surface area contributed by atoms with Crippen LogP contribution in [0.1, 0.15) is 37.3 Å². The van der Waals surface area contributed by atoms with Crippen LogP contribution in [0.4, 0.5) is 13.2 Å². The van der Waals surface area contributed by atoms with Crippen molar-refractivity contribution in [3.63, 3.8) is 0 Å². The smallest absolute Gasteiger partial charge is 0.416 e. The molecule has 3 nitrogen and oxygen atoms in total. The lowest BCUT2D eigenvalue weighted by atomic mass is 9.86. The van der Waals surface area contributed by atoms with Gasteiger partial charge in [-0.3, -0.25) is 4.79 Å². The van der Waals surface area contributed by atoms with Gasteiger partial charge in [-0.1, -0.05) is 31.9 Å². The number of hydrogen-bond donors (Lipinski definition) is 2. The minimum Gasteiger partial charge on any atom is -0.480 e. The predicted octanol–water partition coefficient (Wildman–Crippen LogP) is 3.64. The molecule has 1 aromatic carbocycles. The first-order chi connectivity index (χ1) is 9.19. The molecular formula is C14H19ClF3NO2. The Labute approximate surface area is 127 Å². The number of rotatable bonds is 6. The lowest BCUT2D eigenvalue weighted by molar-refractivity contribution is -0.143. The van der Waals surface area contributed by atoms with Gasteiger partial charge in [0, 0.05) is 6.42 Å². The molecule has 0 radical (unpaired) electrons. The maximum Gasteiger partial charge on any atom is 0.416 e. The molecule has 0 unspecified atom stereocenters. The van der Waals surface area contributed by atoms with E-state index in [1.165, 1.54) is 12.1 Å². The standard InChI is InChI=1S/C14H18F3NO2.ClH/c1-2-3-8-13(18,12(19)20)9-10-4-6-11(7-5-10)14(15,16)17;/h4-7H,2-3,8-9,18H2,1H3,(H,19,20);1H/t13-;/m1./s1. The second kappa shape index (κ2) is 7.66. The zero-order valence-electron chi connectivity index (χ0n) is 11.6. The SMILES string of the molecule is CCCC[C@@](N)(Cc1ccc(C(F)(F)F)cc1)C(=O)O.Cl. The molecule has 0 saturated heterocycles. The van der Waals surface area contributed by atoms with Gasteiger partial charge in [0.15, 0.2) is 0 Å². The molecule has 0 heterocycles. The Morgan fingerprint density at radius 3 is 2.14 bits per heavy atom. The number of unbranched alkanes of at least 4 members (excludes halogenated alkanes) is 1. The highest BCUT2D eigenvalue weighted by Gasteiger charge is 2.34. The fourth-order valence-corrected chi connectivity index (χ4v) is 1.94. The van der Waals surface area contributed by atoms with Crippen LogP contribution in [-0.4, -0.2) is 16.6 Å². The summed E-state index contributed by atoms with van der Waals surface area (Å²) in [7, 11) is 0. The summed E-state index contributed by atoms with van der Waals surface area (Å²) in [5.74, 6) is -1.13. The molecular weight excluding hydrogens is 307 g/mol. The Bertz CT molecular complexity index is 462. The van der Waals surface area contributed by atoms with Crippen LogP contribution in [0.5, 0.6) is 0 Å². The highest BCUT2D eigenvalue weighted by atomic mass is 35.5. The number of alkyl halides is 3. The predicted molar refractivity (Wildman–Crippen MR) is 76.5 cm³/mol. The molecule has 0 aliphatic carbocycles. The lowest BCUT2D eigenvalue weighted by Gasteiger charge is -2.24. The minimum atomic E-state index is -4.40. The third-order valence-corrected chi connectivity index (χ3v) is 3.20. The molecule has 0 aromatic heterocycles. The Balaban J connectivity index is 0.00000400. The number of halogens is 4. The van der Waals surface area contributed by atoms with Gasteiger partial charge in [-0.05, 0) is 24.1 Å². The molecule has 21 heavy (non-hydrogen) atoms. The summed E-state index contributed by atoms with van der Waals surface area (Å²) in [4.78, 5) is 11.3. The van der Waals surface area contributed by atoms with E-state index in [2.05, 4.69) is 0 Å². The zero-order valence-corrected chi connectivity index (χ0v) is 12.4. The molecule has 3 N–H and O–H groups in total. The fraction of sp³-hybridized carbons (Fsp3) is 0.500.